The summed E-state index contributed by atoms with van der Waals surface area (Å²) in [5.74, 6) is 0. The topological polar surface area (TPSA) is 17.0 Å². The van der Waals surface area contributed by atoms with E-state index in [0.717, 1.165) is 12.1 Å². The van der Waals surface area contributed by atoms with Gasteiger partial charge in [0.15, 0.2) is 0 Å². The van der Waals surface area contributed by atoms with Gasteiger partial charge < -0.3 is 9.88 Å². The second kappa shape index (κ2) is 8.40. The van der Waals surface area contributed by atoms with Crippen molar-refractivity contribution in [2.24, 2.45) is 0 Å². The molecule has 0 bridgehead atoms. The standard InChI is InChI=1S/C24H22Cl2N2/c1-17(18-7-3-2-4-8-18)27-14-20-16-28(24-10-6-5-9-22(20)24)15-19-11-12-21(25)13-23(19)26/h2-13,16-17,27H,14-15H2,1H3/t17-/m1/s1. The molecular weight excluding hydrogens is 387 g/mol. The molecule has 0 aliphatic carbocycles. The molecule has 1 N–H and O–H groups in total. The van der Waals surface area contributed by atoms with Crippen molar-refractivity contribution in [3.63, 3.8) is 0 Å². The van der Waals surface area contributed by atoms with Gasteiger partial charge in [0.1, 0.15) is 0 Å². The Kier molecular flexibility index (Phi) is 5.72. The van der Waals surface area contributed by atoms with Crippen molar-refractivity contribution in [1.82, 2.24) is 9.88 Å². The number of hydrogen-bond donors (Lipinski definition) is 1. The van der Waals surface area contributed by atoms with Gasteiger partial charge in [0, 0.05) is 46.3 Å². The Labute approximate surface area is 175 Å². The quantitative estimate of drug-likeness (QED) is 0.369. The average Bonchev–Trinajstić information content (AvgIpc) is 3.07. The lowest BCUT2D eigenvalue weighted by Crippen LogP contribution is -2.17. The molecule has 0 radical (unpaired) electrons. The Morgan fingerprint density at radius 1 is 0.893 bits per heavy atom. The smallest absolute Gasteiger partial charge is 0.0491 e. The van der Waals surface area contributed by atoms with Crippen molar-refractivity contribution in [2.75, 3.05) is 0 Å². The van der Waals surface area contributed by atoms with E-state index < -0.39 is 0 Å². The maximum Gasteiger partial charge on any atom is 0.0491 e. The molecule has 0 aliphatic rings. The second-order valence-corrected chi connectivity index (χ2v) is 7.89. The molecule has 4 rings (SSSR count). The lowest BCUT2D eigenvalue weighted by atomic mass is 10.1. The molecule has 1 heterocycles. The van der Waals surface area contributed by atoms with Crippen LogP contribution in [-0.2, 0) is 13.1 Å². The van der Waals surface area contributed by atoms with E-state index in [-0.39, 0.29) is 6.04 Å². The Bertz CT molecular complexity index is 1090. The molecule has 2 nitrogen and oxygen atoms in total. The average molecular weight is 409 g/mol. The van der Waals surface area contributed by atoms with Gasteiger partial charge >= 0.3 is 0 Å². The van der Waals surface area contributed by atoms with Crippen LogP contribution in [0.3, 0.4) is 0 Å². The van der Waals surface area contributed by atoms with Crippen LogP contribution in [0.25, 0.3) is 10.9 Å². The highest BCUT2D eigenvalue weighted by atomic mass is 35.5. The maximum atomic E-state index is 6.40. The van der Waals surface area contributed by atoms with Crippen molar-refractivity contribution in [1.29, 1.82) is 0 Å². The molecule has 0 fully saturated rings. The summed E-state index contributed by atoms with van der Waals surface area (Å²) in [6.45, 7) is 3.71. The molecule has 1 aromatic heterocycles. The molecule has 0 saturated carbocycles. The first-order valence-corrected chi connectivity index (χ1v) is 10.2. The summed E-state index contributed by atoms with van der Waals surface area (Å²) >= 11 is 12.4. The number of fused-ring (bicyclic) bond motifs is 1. The first-order chi connectivity index (χ1) is 13.6. The zero-order valence-electron chi connectivity index (χ0n) is 15.7. The Balaban J connectivity index is 1.59. The highest BCUT2D eigenvalue weighted by Gasteiger charge is 2.11. The van der Waals surface area contributed by atoms with Gasteiger partial charge in [-0.15, -0.1) is 0 Å². The third kappa shape index (κ3) is 4.10. The van der Waals surface area contributed by atoms with E-state index in [9.17, 15) is 0 Å². The molecule has 4 aromatic rings. The zero-order chi connectivity index (χ0) is 19.5. The number of nitrogens with one attached hydrogen (secondary N) is 1. The molecule has 3 aromatic carbocycles. The highest BCUT2D eigenvalue weighted by molar-refractivity contribution is 6.35. The summed E-state index contributed by atoms with van der Waals surface area (Å²) in [7, 11) is 0. The van der Waals surface area contributed by atoms with E-state index in [2.05, 4.69) is 71.5 Å². The van der Waals surface area contributed by atoms with Crippen LogP contribution in [0, 0.1) is 0 Å². The highest BCUT2D eigenvalue weighted by Crippen LogP contribution is 2.26. The molecule has 0 aliphatic heterocycles. The minimum atomic E-state index is 0.286. The normalized spacial score (nSPS) is 12.4. The number of hydrogen-bond acceptors (Lipinski definition) is 1. The van der Waals surface area contributed by atoms with Crippen LogP contribution in [0.2, 0.25) is 10.0 Å². The van der Waals surface area contributed by atoms with Crippen LogP contribution in [0.4, 0.5) is 0 Å². The molecule has 1 atom stereocenters. The van der Waals surface area contributed by atoms with Crippen LogP contribution >= 0.6 is 23.2 Å². The fraction of sp³-hybridized carbons (Fsp3) is 0.167. The number of para-hydroxylation sites is 1. The Morgan fingerprint density at radius 3 is 2.43 bits per heavy atom. The number of benzene rings is 3. The number of halogens is 2. The molecule has 28 heavy (non-hydrogen) atoms. The minimum Gasteiger partial charge on any atom is -0.343 e. The van der Waals surface area contributed by atoms with Gasteiger partial charge in [0.05, 0.1) is 0 Å². The van der Waals surface area contributed by atoms with Crippen LogP contribution in [0.5, 0.6) is 0 Å². The molecule has 4 heteroatoms. The van der Waals surface area contributed by atoms with Crippen LogP contribution in [0.1, 0.15) is 29.7 Å². The van der Waals surface area contributed by atoms with Crippen molar-refractivity contribution < 1.29 is 0 Å². The Morgan fingerprint density at radius 2 is 1.64 bits per heavy atom. The fourth-order valence-electron chi connectivity index (χ4n) is 3.55. The zero-order valence-corrected chi connectivity index (χ0v) is 17.2. The third-order valence-electron chi connectivity index (χ3n) is 5.13. The van der Waals surface area contributed by atoms with Crippen LogP contribution in [-0.4, -0.2) is 4.57 Å². The van der Waals surface area contributed by atoms with Gasteiger partial charge in [-0.25, -0.2) is 0 Å². The first-order valence-electron chi connectivity index (χ1n) is 9.41. The van der Waals surface area contributed by atoms with Gasteiger partial charge in [-0.1, -0.05) is 77.8 Å². The number of rotatable bonds is 6. The van der Waals surface area contributed by atoms with Gasteiger partial charge in [-0.05, 0) is 41.8 Å². The van der Waals surface area contributed by atoms with E-state index >= 15 is 0 Å². The fourth-order valence-corrected chi connectivity index (χ4v) is 4.02. The molecule has 142 valence electrons. The maximum absolute atomic E-state index is 6.40. The van der Waals surface area contributed by atoms with Crippen LogP contribution in [0.15, 0.2) is 79.0 Å². The largest absolute Gasteiger partial charge is 0.343 e. The summed E-state index contributed by atoms with van der Waals surface area (Å²) in [5, 5.41) is 6.27. The summed E-state index contributed by atoms with van der Waals surface area (Å²) < 4.78 is 2.26. The monoisotopic (exact) mass is 408 g/mol. The van der Waals surface area contributed by atoms with Crippen molar-refractivity contribution >= 4 is 34.1 Å². The van der Waals surface area contributed by atoms with E-state index in [1.54, 1.807) is 6.07 Å². The van der Waals surface area contributed by atoms with E-state index in [0.29, 0.717) is 16.6 Å². The van der Waals surface area contributed by atoms with Gasteiger partial charge in [-0.2, -0.15) is 0 Å². The number of nitrogens with zero attached hydrogens (tertiary/aromatic N) is 1. The lowest BCUT2D eigenvalue weighted by molar-refractivity contribution is 0.575. The summed E-state index contributed by atoms with van der Waals surface area (Å²) in [5.41, 5.74) is 4.84. The molecule has 0 saturated heterocycles. The number of aromatic nitrogens is 1. The van der Waals surface area contributed by atoms with E-state index in [1.165, 1.54) is 22.0 Å². The van der Waals surface area contributed by atoms with Gasteiger partial charge in [-0.3, -0.25) is 0 Å². The van der Waals surface area contributed by atoms with E-state index in [4.69, 9.17) is 23.2 Å². The van der Waals surface area contributed by atoms with E-state index in [1.807, 2.05) is 18.2 Å². The molecule has 0 spiro atoms. The summed E-state index contributed by atoms with van der Waals surface area (Å²) in [6.07, 6.45) is 2.22. The SMILES string of the molecule is C[C@@H](NCc1cn(Cc2ccc(Cl)cc2Cl)c2ccccc12)c1ccccc1. The molecule has 0 unspecified atom stereocenters. The third-order valence-corrected chi connectivity index (χ3v) is 5.71. The predicted molar refractivity (Wildman–Crippen MR) is 119 cm³/mol. The lowest BCUT2D eigenvalue weighted by Gasteiger charge is -2.13. The Hall–Kier alpha value is -2.26. The first kappa shape index (κ1) is 19.1. The molecular formula is C24H22Cl2N2. The molecule has 0 amide bonds. The minimum absolute atomic E-state index is 0.286. The second-order valence-electron chi connectivity index (χ2n) is 7.05. The predicted octanol–water partition coefficient (Wildman–Crippen LogP) is 6.85. The van der Waals surface area contributed by atoms with Crippen molar-refractivity contribution in [2.45, 2.75) is 26.1 Å². The van der Waals surface area contributed by atoms with Crippen molar-refractivity contribution in [3.05, 3.63) is 106 Å². The van der Waals surface area contributed by atoms with Gasteiger partial charge in [0.2, 0.25) is 0 Å². The van der Waals surface area contributed by atoms with Crippen molar-refractivity contribution in [3.8, 4) is 0 Å². The summed E-state index contributed by atoms with van der Waals surface area (Å²) in [6, 6.07) is 25.0. The van der Waals surface area contributed by atoms with Gasteiger partial charge in [0.25, 0.3) is 0 Å². The summed E-state index contributed by atoms with van der Waals surface area (Å²) in [4.78, 5) is 0. The van der Waals surface area contributed by atoms with Crippen LogP contribution < -0.4 is 5.32 Å².